The van der Waals surface area contributed by atoms with Gasteiger partial charge < -0.3 is 19.5 Å². The molecular formula is C10H17N3O2. The molecule has 0 bridgehead atoms. The number of ether oxygens (including phenoxy) is 1. The van der Waals surface area contributed by atoms with Crippen LogP contribution in [0.2, 0.25) is 0 Å². The number of likely N-dealkylation sites (N-methyl/N-ethyl adjacent to an activating group) is 1. The van der Waals surface area contributed by atoms with Gasteiger partial charge in [-0.1, -0.05) is 0 Å². The van der Waals surface area contributed by atoms with Crippen molar-refractivity contribution in [3.8, 4) is 5.88 Å². The zero-order valence-corrected chi connectivity index (χ0v) is 9.41. The van der Waals surface area contributed by atoms with Crippen molar-refractivity contribution in [2.75, 3.05) is 33.8 Å². The van der Waals surface area contributed by atoms with Gasteiger partial charge in [-0.15, -0.1) is 0 Å². The Bertz CT molecular complexity index is 337. The number of rotatable bonds is 2. The van der Waals surface area contributed by atoms with Gasteiger partial charge in [-0.3, -0.25) is 0 Å². The van der Waals surface area contributed by atoms with E-state index >= 15 is 0 Å². The normalized spacial score (nSPS) is 23.0. The molecule has 1 aliphatic heterocycles. The molecule has 15 heavy (non-hydrogen) atoms. The van der Waals surface area contributed by atoms with Gasteiger partial charge in [0.1, 0.15) is 5.76 Å². The molecule has 5 nitrogen and oxygen atoms in total. The molecule has 2 rings (SSSR count). The van der Waals surface area contributed by atoms with Gasteiger partial charge in [0.25, 0.3) is 5.88 Å². The van der Waals surface area contributed by atoms with Gasteiger partial charge in [0.05, 0.1) is 18.7 Å². The Hall–Kier alpha value is -1.07. The lowest BCUT2D eigenvalue weighted by Gasteiger charge is -2.30. The molecule has 1 aliphatic rings. The lowest BCUT2D eigenvalue weighted by atomic mass is 10.1. The first kappa shape index (κ1) is 10.4. The van der Waals surface area contributed by atoms with Crippen molar-refractivity contribution in [3.63, 3.8) is 0 Å². The van der Waals surface area contributed by atoms with Crippen LogP contribution in [0.25, 0.3) is 0 Å². The highest BCUT2D eigenvalue weighted by Crippen LogP contribution is 2.28. The van der Waals surface area contributed by atoms with E-state index < -0.39 is 0 Å². The van der Waals surface area contributed by atoms with E-state index in [-0.39, 0.29) is 6.04 Å². The summed E-state index contributed by atoms with van der Waals surface area (Å²) in [6.07, 6.45) is 0. The molecule has 1 fully saturated rings. The quantitative estimate of drug-likeness (QED) is 0.775. The van der Waals surface area contributed by atoms with Crippen LogP contribution in [0, 0.1) is 6.92 Å². The van der Waals surface area contributed by atoms with Crippen LogP contribution < -0.4 is 10.1 Å². The van der Waals surface area contributed by atoms with E-state index in [1.165, 1.54) is 0 Å². The Morgan fingerprint density at radius 1 is 1.60 bits per heavy atom. The summed E-state index contributed by atoms with van der Waals surface area (Å²) in [7, 11) is 3.73. The van der Waals surface area contributed by atoms with Gasteiger partial charge >= 0.3 is 0 Å². The number of hydrogen-bond acceptors (Lipinski definition) is 5. The molecule has 1 N–H and O–H groups in total. The lowest BCUT2D eigenvalue weighted by molar-refractivity contribution is 0.236. The van der Waals surface area contributed by atoms with Crippen LogP contribution >= 0.6 is 0 Å². The standard InChI is InChI=1S/C10H17N3O2/c1-7-9(10(14-3)12-15-7)8-6-13(2)5-4-11-8/h8,11H,4-6H2,1-3H3. The summed E-state index contributed by atoms with van der Waals surface area (Å²) in [6.45, 7) is 4.93. The van der Waals surface area contributed by atoms with Crippen LogP contribution in [0.3, 0.4) is 0 Å². The molecular weight excluding hydrogens is 194 g/mol. The van der Waals surface area contributed by atoms with E-state index in [1.807, 2.05) is 6.92 Å². The SMILES string of the molecule is COc1noc(C)c1C1CN(C)CCN1. The molecule has 0 saturated carbocycles. The van der Waals surface area contributed by atoms with Crippen molar-refractivity contribution >= 4 is 0 Å². The molecule has 0 aliphatic carbocycles. The molecule has 1 saturated heterocycles. The molecule has 1 aromatic rings. The van der Waals surface area contributed by atoms with Gasteiger partial charge in [0, 0.05) is 19.6 Å². The molecule has 84 valence electrons. The van der Waals surface area contributed by atoms with Crippen molar-refractivity contribution in [2.45, 2.75) is 13.0 Å². The number of hydrogen-bond donors (Lipinski definition) is 1. The van der Waals surface area contributed by atoms with Gasteiger partial charge in [-0.2, -0.15) is 0 Å². The first-order valence-corrected chi connectivity index (χ1v) is 5.14. The second-order valence-corrected chi connectivity index (χ2v) is 3.93. The maximum absolute atomic E-state index is 5.19. The predicted octanol–water partition coefficient (Wildman–Crippen LogP) is 0.568. The fourth-order valence-corrected chi connectivity index (χ4v) is 1.99. The maximum atomic E-state index is 5.19. The first-order valence-electron chi connectivity index (χ1n) is 5.14. The Morgan fingerprint density at radius 3 is 3.07 bits per heavy atom. The summed E-state index contributed by atoms with van der Waals surface area (Å²) in [4.78, 5) is 2.28. The van der Waals surface area contributed by atoms with E-state index in [4.69, 9.17) is 9.26 Å². The minimum atomic E-state index is 0.255. The second kappa shape index (κ2) is 4.20. The van der Waals surface area contributed by atoms with E-state index in [0.29, 0.717) is 5.88 Å². The zero-order valence-electron chi connectivity index (χ0n) is 9.41. The fraction of sp³-hybridized carbons (Fsp3) is 0.700. The molecule has 0 amide bonds. The number of aromatic nitrogens is 1. The third-order valence-corrected chi connectivity index (χ3v) is 2.80. The Labute approximate surface area is 89.4 Å². The summed E-state index contributed by atoms with van der Waals surface area (Å²) in [5, 5.41) is 7.32. The van der Waals surface area contributed by atoms with Crippen LogP contribution in [-0.2, 0) is 0 Å². The lowest BCUT2D eigenvalue weighted by Crippen LogP contribution is -2.43. The molecule has 0 radical (unpaired) electrons. The highest BCUT2D eigenvalue weighted by atomic mass is 16.5. The minimum absolute atomic E-state index is 0.255. The summed E-state index contributed by atoms with van der Waals surface area (Å²) < 4.78 is 10.3. The molecule has 2 heterocycles. The van der Waals surface area contributed by atoms with Gasteiger partial charge in [-0.25, -0.2) is 0 Å². The average molecular weight is 211 g/mol. The third-order valence-electron chi connectivity index (χ3n) is 2.80. The molecule has 5 heteroatoms. The Kier molecular flexibility index (Phi) is 2.93. The molecule has 1 atom stereocenters. The summed E-state index contributed by atoms with van der Waals surface area (Å²) >= 11 is 0. The predicted molar refractivity (Wildman–Crippen MR) is 56.0 cm³/mol. The Balaban J connectivity index is 2.23. The van der Waals surface area contributed by atoms with E-state index in [0.717, 1.165) is 31.0 Å². The van der Waals surface area contributed by atoms with Crippen molar-refractivity contribution < 1.29 is 9.26 Å². The average Bonchev–Trinajstić information content (AvgIpc) is 2.59. The van der Waals surface area contributed by atoms with Crippen molar-refractivity contribution in [1.82, 2.24) is 15.4 Å². The summed E-state index contributed by atoms with van der Waals surface area (Å²) in [5.74, 6) is 1.43. The van der Waals surface area contributed by atoms with Crippen LogP contribution in [0.5, 0.6) is 5.88 Å². The van der Waals surface area contributed by atoms with Gasteiger partial charge in [-0.05, 0) is 19.1 Å². The minimum Gasteiger partial charge on any atom is -0.479 e. The highest BCUT2D eigenvalue weighted by molar-refractivity contribution is 5.31. The smallest absolute Gasteiger partial charge is 0.258 e. The summed E-state index contributed by atoms with van der Waals surface area (Å²) in [6, 6.07) is 0.255. The fourth-order valence-electron chi connectivity index (χ4n) is 1.99. The van der Waals surface area contributed by atoms with Crippen LogP contribution in [0.4, 0.5) is 0 Å². The topological polar surface area (TPSA) is 50.5 Å². The van der Waals surface area contributed by atoms with Crippen LogP contribution in [0.15, 0.2) is 4.52 Å². The molecule has 0 aromatic carbocycles. The molecule has 0 spiro atoms. The van der Waals surface area contributed by atoms with E-state index in [9.17, 15) is 0 Å². The first-order chi connectivity index (χ1) is 7.22. The zero-order chi connectivity index (χ0) is 10.8. The van der Waals surface area contributed by atoms with Crippen LogP contribution in [-0.4, -0.2) is 43.8 Å². The van der Waals surface area contributed by atoms with Crippen molar-refractivity contribution in [1.29, 1.82) is 0 Å². The van der Waals surface area contributed by atoms with E-state index in [1.54, 1.807) is 7.11 Å². The number of aryl methyl sites for hydroxylation is 1. The number of methoxy groups -OCH3 is 1. The molecule has 1 unspecified atom stereocenters. The van der Waals surface area contributed by atoms with Crippen molar-refractivity contribution in [3.05, 3.63) is 11.3 Å². The summed E-state index contributed by atoms with van der Waals surface area (Å²) in [5.41, 5.74) is 1.05. The van der Waals surface area contributed by atoms with Gasteiger partial charge in [0.2, 0.25) is 0 Å². The Morgan fingerprint density at radius 2 is 2.40 bits per heavy atom. The highest BCUT2D eigenvalue weighted by Gasteiger charge is 2.26. The monoisotopic (exact) mass is 211 g/mol. The van der Waals surface area contributed by atoms with E-state index in [2.05, 4.69) is 22.4 Å². The second-order valence-electron chi connectivity index (χ2n) is 3.93. The van der Waals surface area contributed by atoms with Crippen molar-refractivity contribution in [2.24, 2.45) is 0 Å². The van der Waals surface area contributed by atoms with Gasteiger partial charge in [0.15, 0.2) is 0 Å². The number of nitrogens with one attached hydrogen (secondary N) is 1. The third kappa shape index (κ3) is 1.98. The van der Waals surface area contributed by atoms with Crippen LogP contribution in [0.1, 0.15) is 17.4 Å². The maximum Gasteiger partial charge on any atom is 0.258 e. The molecule has 1 aromatic heterocycles. The largest absolute Gasteiger partial charge is 0.479 e. The number of nitrogens with zero attached hydrogens (tertiary/aromatic N) is 2. The number of piperazine rings is 1.